The maximum absolute atomic E-state index is 8.07. The predicted molar refractivity (Wildman–Crippen MR) is 51.9 cm³/mol. The molecule has 70 valence electrons. The smallest absolute Gasteiger partial charge is 0.106 e. The Hall–Kier alpha value is -0.940. The van der Waals surface area contributed by atoms with Gasteiger partial charge in [0.15, 0.2) is 0 Å². The molecule has 0 fully saturated rings. The van der Waals surface area contributed by atoms with Gasteiger partial charge in [0.1, 0.15) is 4.60 Å². The van der Waals surface area contributed by atoms with E-state index in [-0.39, 0.29) is 6.61 Å². The van der Waals surface area contributed by atoms with Crippen LogP contribution < -0.4 is 0 Å². The van der Waals surface area contributed by atoms with Crippen LogP contribution in [0.1, 0.15) is 5.69 Å². The fourth-order valence-corrected chi connectivity index (χ4v) is 1.16. The molecule has 0 saturated heterocycles. The summed E-state index contributed by atoms with van der Waals surface area (Å²) in [6, 6.07) is 5.59. The van der Waals surface area contributed by atoms with E-state index in [0.29, 0.717) is 6.61 Å². The molecule has 0 amide bonds. The van der Waals surface area contributed by atoms with Gasteiger partial charge in [0.25, 0.3) is 0 Å². The van der Waals surface area contributed by atoms with E-state index in [2.05, 4.69) is 26.1 Å². The SMILES string of the molecule is ON=CCOCc1cccc(Br)n1. The Labute approximate surface area is 84.4 Å². The maximum Gasteiger partial charge on any atom is 0.106 e. The Bertz CT molecular complexity index is 291. The average molecular weight is 245 g/mol. The molecule has 0 bridgehead atoms. The summed E-state index contributed by atoms with van der Waals surface area (Å²) in [7, 11) is 0. The van der Waals surface area contributed by atoms with Crippen LogP contribution in [-0.4, -0.2) is 23.0 Å². The third-order valence-electron chi connectivity index (χ3n) is 1.30. The molecule has 1 aromatic heterocycles. The van der Waals surface area contributed by atoms with Crippen LogP contribution in [-0.2, 0) is 11.3 Å². The first-order chi connectivity index (χ1) is 6.33. The summed E-state index contributed by atoms with van der Waals surface area (Å²) < 4.78 is 5.90. The first-order valence-electron chi connectivity index (χ1n) is 3.68. The number of pyridine rings is 1. The van der Waals surface area contributed by atoms with Crippen LogP contribution in [0, 0.1) is 0 Å². The van der Waals surface area contributed by atoms with Crippen molar-refractivity contribution in [2.24, 2.45) is 5.16 Å². The Morgan fingerprint density at radius 3 is 3.15 bits per heavy atom. The van der Waals surface area contributed by atoms with Gasteiger partial charge in [-0.2, -0.15) is 0 Å². The van der Waals surface area contributed by atoms with Crippen molar-refractivity contribution in [1.29, 1.82) is 0 Å². The zero-order valence-corrected chi connectivity index (χ0v) is 8.44. The van der Waals surface area contributed by atoms with E-state index in [1.165, 1.54) is 6.21 Å². The van der Waals surface area contributed by atoms with Crippen LogP contribution in [0.4, 0.5) is 0 Å². The van der Waals surface area contributed by atoms with Crippen LogP contribution in [0.15, 0.2) is 28.0 Å². The largest absolute Gasteiger partial charge is 0.411 e. The Kier molecular flexibility index (Phi) is 4.42. The van der Waals surface area contributed by atoms with Gasteiger partial charge in [0.2, 0.25) is 0 Å². The first kappa shape index (κ1) is 10.1. The highest BCUT2D eigenvalue weighted by atomic mass is 79.9. The van der Waals surface area contributed by atoms with Gasteiger partial charge in [-0.05, 0) is 28.1 Å². The second-order valence-electron chi connectivity index (χ2n) is 2.26. The second kappa shape index (κ2) is 5.66. The number of hydrogen-bond acceptors (Lipinski definition) is 4. The van der Waals surface area contributed by atoms with Gasteiger partial charge >= 0.3 is 0 Å². The highest BCUT2D eigenvalue weighted by Gasteiger charge is 1.94. The van der Waals surface area contributed by atoms with Gasteiger partial charge in [-0.1, -0.05) is 11.2 Å². The number of hydrogen-bond donors (Lipinski definition) is 1. The summed E-state index contributed by atoms with van der Waals surface area (Å²) in [4.78, 5) is 4.16. The molecule has 1 heterocycles. The minimum atomic E-state index is 0.282. The molecule has 0 saturated carbocycles. The highest BCUT2D eigenvalue weighted by Crippen LogP contribution is 2.06. The number of aromatic nitrogens is 1. The predicted octanol–water partition coefficient (Wildman–Crippen LogP) is 1.82. The Morgan fingerprint density at radius 1 is 1.62 bits per heavy atom. The summed E-state index contributed by atoms with van der Waals surface area (Å²) in [5, 5.41) is 10.9. The molecule has 0 aliphatic rings. The molecule has 1 N–H and O–H groups in total. The second-order valence-corrected chi connectivity index (χ2v) is 3.08. The summed E-state index contributed by atoms with van der Waals surface area (Å²) >= 11 is 3.25. The van der Waals surface area contributed by atoms with E-state index in [4.69, 9.17) is 9.94 Å². The van der Waals surface area contributed by atoms with Crippen molar-refractivity contribution in [3.63, 3.8) is 0 Å². The van der Waals surface area contributed by atoms with Crippen LogP contribution in [0.2, 0.25) is 0 Å². The van der Waals surface area contributed by atoms with Crippen LogP contribution in [0.25, 0.3) is 0 Å². The number of nitrogens with zero attached hydrogens (tertiary/aromatic N) is 2. The lowest BCUT2D eigenvalue weighted by molar-refractivity contribution is 0.155. The van der Waals surface area contributed by atoms with Crippen molar-refractivity contribution in [3.05, 3.63) is 28.5 Å². The van der Waals surface area contributed by atoms with E-state index < -0.39 is 0 Å². The molecule has 0 atom stereocenters. The van der Waals surface area contributed by atoms with Crippen LogP contribution in [0.3, 0.4) is 0 Å². The molecule has 1 aromatic rings. The first-order valence-corrected chi connectivity index (χ1v) is 4.47. The van der Waals surface area contributed by atoms with Crippen molar-refractivity contribution in [3.8, 4) is 0 Å². The van der Waals surface area contributed by atoms with E-state index in [1.54, 1.807) is 0 Å². The standard InChI is InChI=1S/C8H9BrN2O2/c9-8-3-1-2-7(11-8)6-13-5-4-10-12/h1-4,12H,5-6H2. The normalized spacial score (nSPS) is 10.8. The number of halogens is 1. The minimum absolute atomic E-state index is 0.282. The lowest BCUT2D eigenvalue weighted by Gasteiger charge is -1.99. The van der Waals surface area contributed by atoms with Gasteiger partial charge < -0.3 is 9.94 Å². The van der Waals surface area contributed by atoms with Crippen molar-refractivity contribution >= 4 is 22.1 Å². The topological polar surface area (TPSA) is 54.7 Å². The summed E-state index contributed by atoms with van der Waals surface area (Å²) in [5.74, 6) is 0. The zero-order valence-electron chi connectivity index (χ0n) is 6.85. The van der Waals surface area contributed by atoms with E-state index >= 15 is 0 Å². The summed E-state index contributed by atoms with van der Waals surface area (Å²) in [6.07, 6.45) is 1.28. The monoisotopic (exact) mass is 244 g/mol. The molecule has 1 rings (SSSR count). The fourth-order valence-electron chi connectivity index (χ4n) is 0.780. The average Bonchev–Trinajstić information content (AvgIpc) is 2.13. The third-order valence-corrected chi connectivity index (χ3v) is 1.74. The number of ether oxygens (including phenoxy) is 1. The van der Waals surface area contributed by atoms with Crippen molar-refractivity contribution in [2.45, 2.75) is 6.61 Å². The quantitative estimate of drug-likeness (QED) is 0.289. The lowest BCUT2D eigenvalue weighted by atomic mass is 10.4. The molecule has 0 unspecified atom stereocenters. The third kappa shape index (κ3) is 4.00. The number of rotatable bonds is 4. The van der Waals surface area contributed by atoms with E-state index in [0.717, 1.165) is 10.3 Å². The molecule has 13 heavy (non-hydrogen) atoms. The summed E-state index contributed by atoms with van der Waals surface area (Å²) in [6.45, 7) is 0.691. The molecule has 5 heteroatoms. The van der Waals surface area contributed by atoms with Crippen LogP contribution in [0.5, 0.6) is 0 Å². The molecular formula is C8H9BrN2O2. The molecular weight excluding hydrogens is 236 g/mol. The molecule has 0 radical (unpaired) electrons. The van der Waals surface area contributed by atoms with Crippen LogP contribution >= 0.6 is 15.9 Å². The fraction of sp³-hybridized carbons (Fsp3) is 0.250. The molecule has 0 aromatic carbocycles. The molecule has 0 aliphatic carbocycles. The zero-order chi connectivity index (χ0) is 9.52. The van der Waals surface area contributed by atoms with E-state index in [9.17, 15) is 0 Å². The summed E-state index contributed by atoms with van der Waals surface area (Å²) in [5.41, 5.74) is 0.834. The van der Waals surface area contributed by atoms with Gasteiger partial charge in [-0.3, -0.25) is 0 Å². The molecule has 0 spiro atoms. The molecule has 4 nitrogen and oxygen atoms in total. The van der Waals surface area contributed by atoms with Crippen molar-refractivity contribution < 1.29 is 9.94 Å². The molecule has 0 aliphatic heterocycles. The number of oxime groups is 1. The van der Waals surface area contributed by atoms with Gasteiger partial charge in [0, 0.05) is 0 Å². The Morgan fingerprint density at radius 2 is 2.46 bits per heavy atom. The van der Waals surface area contributed by atoms with Gasteiger partial charge in [-0.15, -0.1) is 0 Å². The van der Waals surface area contributed by atoms with E-state index in [1.807, 2.05) is 18.2 Å². The van der Waals surface area contributed by atoms with Gasteiger partial charge in [-0.25, -0.2) is 4.98 Å². The maximum atomic E-state index is 8.07. The van der Waals surface area contributed by atoms with Crippen molar-refractivity contribution in [2.75, 3.05) is 6.61 Å². The highest BCUT2D eigenvalue weighted by molar-refractivity contribution is 9.10. The lowest BCUT2D eigenvalue weighted by Crippen LogP contribution is -1.98. The minimum Gasteiger partial charge on any atom is -0.411 e. The van der Waals surface area contributed by atoms with Crippen molar-refractivity contribution in [1.82, 2.24) is 4.98 Å². The Balaban J connectivity index is 2.36. The van der Waals surface area contributed by atoms with Gasteiger partial charge in [0.05, 0.1) is 25.1 Å².